The average molecular weight is 361 g/mol. The maximum Gasteiger partial charge on any atom is 0.234 e. The third-order valence-corrected chi connectivity index (χ3v) is 4.11. The summed E-state index contributed by atoms with van der Waals surface area (Å²) in [6.07, 6.45) is 2.44. The van der Waals surface area contributed by atoms with Gasteiger partial charge in [0.05, 0.1) is 0 Å². The molecule has 0 aliphatic rings. The summed E-state index contributed by atoms with van der Waals surface area (Å²) in [6, 6.07) is 11.9. The molecule has 1 N–H and O–H groups in total. The molecule has 0 unspecified atom stereocenters. The molecule has 0 atom stereocenters. The molecule has 27 heavy (non-hydrogen) atoms. The highest BCUT2D eigenvalue weighted by Gasteiger charge is 2.18. The second kappa shape index (κ2) is 7.20. The topological polar surface area (TPSA) is 83.6 Å². The van der Waals surface area contributed by atoms with E-state index in [2.05, 4.69) is 46.7 Å². The number of rotatable bonds is 4. The first kappa shape index (κ1) is 18.6. The van der Waals surface area contributed by atoms with Crippen LogP contribution >= 0.6 is 0 Å². The van der Waals surface area contributed by atoms with Gasteiger partial charge in [0.15, 0.2) is 0 Å². The monoisotopic (exact) mass is 361 g/mol. The molecule has 0 fully saturated rings. The molecule has 3 aromatic rings. The minimum absolute atomic E-state index is 0.0632. The highest BCUT2D eigenvalue weighted by Crippen LogP contribution is 2.26. The molecule has 1 aromatic carbocycles. The molecular weight excluding hydrogens is 338 g/mol. The van der Waals surface area contributed by atoms with Crippen molar-refractivity contribution in [1.29, 1.82) is 5.26 Å². The van der Waals surface area contributed by atoms with Gasteiger partial charge >= 0.3 is 0 Å². The molecule has 0 spiro atoms. The van der Waals surface area contributed by atoms with Crippen LogP contribution < -0.4 is 5.32 Å². The first-order valence-corrected chi connectivity index (χ1v) is 8.87. The van der Waals surface area contributed by atoms with E-state index in [1.54, 1.807) is 6.20 Å². The van der Waals surface area contributed by atoms with Crippen LogP contribution in [-0.2, 0) is 17.8 Å². The molecule has 138 valence electrons. The van der Waals surface area contributed by atoms with Gasteiger partial charge in [0, 0.05) is 42.9 Å². The Morgan fingerprint density at radius 3 is 2.56 bits per heavy atom. The summed E-state index contributed by atoms with van der Waals surface area (Å²) in [6.45, 7) is 8.82. The number of hydrogen-bond acceptors (Lipinski definition) is 4. The lowest BCUT2D eigenvalue weighted by molar-refractivity contribution is -0.114. The number of hydrogen-bond donors (Lipinski definition) is 1. The molecule has 1 amide bonds. The first-order valence-electron chi connectivity index (χ1n) is 8.87. The van der Waals surface area contributed by atoms with Crippen molar-refractivity contribution in [1.82, 2.24) is 14.5 Å². The third-order valence-electron chi connectivity index (χ3n) is 4.11. The highest BCUT2D eigenvalue weighted by molar-refractivity contribution is 5.88. The van der Waals surface area contributed by atoms with Gasteiger partial charge in [0.25, 0.3) is 0 Å². The van der Waals surface area contributed by atoms with Crippen molar-refractivity contribution in [3.8, 4) is 6.07 Å². The second-order valence-corrected chi connectivity index (χ2v) is 7.92. The van der Waals surface area contributed by atoms with Crippen molar-refractivity contribution in [3.63, 3.8) is 0 Å². The fraction of sp³-hybridized carbons (Fsp3) is 0.333. The van der Waals surface area contributed by atoms with Crippen molar-refractivity contribution in [2.75, 3.05) is 5.32 Å². The summed E-state index contributed by atoms with van der Waals surface area (Å²) in [5.74, 6) is 0.0990. The summed E-state index contributed by atoms with van der Waals surface area (Å²) in [4.78, 5) is 19.7. The molecule has 0 radical (unpaired) electrons. The Balaban J connectivity index is 1.98. The second-order valence-electron chi connectivity index (χ2n) is 7.92. The zero-order valence-corrected chi connectivity index (χ0v) is 16.1. The van der Waals surface area contributed by atoms with E-state index < -0.39 is 0 Å². The predicted molar refractivity (Wildman–Crippen MR) is 105 cm³/mol. The quantitative estimate of drug-likeness (QED) is 0.764. The summed E-state index contributed by atoms with van der Waals surface area (Å²) < 4.78 is 2.18. The summed E-state index contributed by atoms with van der Waals surface area (Å²) >= 11 is 0. The highest BCUT2D eigenvalue weighted by atomic mass is 16.1. The van der Waals surface area contributed by atoms with Crippen LogP contribution in [-0.4, -0.2) is 20.4 Å². The molecule has 0 aliphatic carbocycles. The van der Waals surface area contributed by atoms with E-state index in [0.717, 1.165) is 40.9 Å². The number of aromatic nitrogens is 3. The number of nitriles is 1. The van der Waals surface area contributed by atoms with Gasteiger partial charge in [-0.15, -0.1) is 0 Å². The van der Waals surface area contributed by atoms with E-state index in [9.17, 15) is 4.79 Å². The van der Waals surface area contributed by atoms with Crippen molar-refractivity contribution < 1.29 is 4.79 Å². The third kappa shape index (κ3) is 4.50. The lowest BCUT2D eigenvalue weighted by Gasteiger charge is -2.21. The number of anilines is 1. The molecule has 6 nitrogen and oxygen atoms in total. The van der Waals surface area contributed by atoms with E-state index in [-0.39, 0.29) is 17.1 Å². The molecule has 2 aromatic heterocycles. The fourth-order valence-corrected chi connectivity index (χ4v) is 3.06. The first-order chi connectivity index (χ1) is 12.7. The molecule has 0 bridgehead atoms. The van der Waals surface area contributed by atoms with Crippen LogP contribution in [0.25, 0.3) is 11.0 Å². The maximum atomic E-state index is 11.2. The van der Waals surface area contributed by atoms with Crippen molar-refractivity contribution in [2.45, 2.75) is 40.7 Å². The minimum atomic E-state index is -0.0834. The average Bonchev–Trinajstić information content (AvgIpc) is 2.91. The smallest absolute Gasteiger partial charge is 0.234 e. The van der Waals surface area contributed by atoms with Crippen LogP contribution in [0.2, 0.25) is 0 Å². The van der Waals surface area contributed by atoms with Gasteiger partial charge in [-0.25, -0.2) is 9.97 Å². The van der Waals surface area contributed by atoms with Gasteiger partial charge < -0.3 is 9.88 Å². The molecule has 0 saturated heterocycles. The summed E-state index contributed by atoms with van der Waals surface area (Å²) in [5, 5.41) is 12.8. The van der Waals surface area contributed by atoms with E-state index in [1.807, 2.05) is 30.3 Å². The number of carbonyl (C=O) groups is 1. The van der Waals surface area contributed by atoms with E-state index in [4.69, 9.17) is 5.26 Å². The molecule has 0 saturated carbocycles. The zero-order chi connectivity index (χ0) is 19.6. The van der Waals surface area contributed by atoms with Gasteiger partial charge in [-0.2, -0.15) is 5.26 Å². The Hall–Kier alpha value is -3.20. The molecule has 2 heterocycles. The Morgan fingerprint density at radius 2 is 1.96 bits per heavy atom. The van der Waals surface area contributed by atoms with Crippen LogP contribution in [0.4, 0.5) is 5.69 Å². The Kier molecular flexibility index (Phi) is 4.95. The van der Waals surface area contributed by atoms with Crippen LogP contribution in [0.3, 0.4) is 0 Å². The van der Waals surface area contributed by atoms with Crippen LogP contribution in [0.15, 0.2) is 36.5 Å². The predicted octanol–water partition coefficient (Wildman–Crippen LogP) is 3.90. The summed E-state index contributed by atoms with van der Waals surface area (Å²) in [5.41, 5.74) is 3.90. The Morgan fingerprint density at radius 1 is 1.26 bits per heavy atom. The largest absolute Gasteiger partial charge is 0.329 e. The number of amides is 1. The van der Waals surface area contributed by atoms with Gasteiger partial charge in [0.2, 0.25) is 11.7 Å². The number of nitrogens with zero attached hydrogens (tertiary/aromatic N) is 4. The van der Waals surface area contributed by atoms with Crippen molar-refractivity contribution in [2.24, 2.45) is 5.41 Å². The Bertz CT molecular complexity index is 1020. The van der Waals surface area contributed by atoms with Crippen LogP contribution in [0.5, 0.6) is 0 Å². The number of fused-ring (bicyclic) bond motifs is 1. The molecule has 3 rings (SSSR count). The van der Waals surface area contributed by atoms with E-state index >= 15 is 0 Å². The zero-order valence-electron chi connectivity index (χ0n) is 16.1. The van der Waals surface area contributed by atoms with Gasteiger partial charge in [-0.3, -0.25) is 4.79 Å². The Labute approximate surface area is 158 Å². The van der Waals surface area contributed by atoms with Crippen molar-refractivity contribution >= 4 is 22.6 Å². The van der Waals surface area contributed by atoms with Crippen LogP contribution in [0.1, 0.15) is 44.8 Å². The molecule has 0 aliphatic heterocycles. The van der Waals surface area contributed by atoms with Gasteiger partial charge in [-0.1, -0.05) is 32.9 Å². The van der Waals surface area contributed by atoms with Crippen molar-refractivity contribution in [3.05, 3.63) is 53.6 Å². The van der Waals surface area contributed by atoms with E-state index in [1.165, 1.54) is 6.92 Å². The maximum absolute atomic E-state index is 11.2. The summed E-state index contributed by atoms with van der Waals surface area (Å²) in [7, 11) is 0. The van der Waals surface area contributed by atoms with E-state index in [0.29, 0.717) is 0 Å². The molecular formula is C21H23N5O. The molecule has 6 heteroatoms. The normalized spacial score (nSPS) is 11.4. The fourth-order valence-electron chi connectivity index (χ4n) is 3.06. The number of carbonyl (C=O) groups excluding carboxylic acids is 1. The van der Waals surface area contributed by atoms with Gasteiger partial charge in [-0.05, 0) is 29.2 Å². The number of benzene rings is 1. The number of nitrogens with one attached hydrogen (secondary N) is 1. The standard InChI is InChI=1S/C21H23N5O/c1-14(27)24-17-7-5-15(6-8-17)9-18-10-16-12-23-19(11-22)25-20(16)26(18)13-21(2,3)4/h5-8,10,12H,9,13H2,1-4H3,(H,24,27). The van der Waals surface area contributed by atoms with Gasteiger partial charge in [0.1, 0.15) is 11.7 Å². The lowest BCUT2D eigenvalue weighted by atomic mass is 9.96. The van der Waals surface area contributed by atoms with Crippen LogP contribution in [0, 0.1) is 16.7 Å². The minimum Gasteiger partial charge on any atom is -0.329 e. The lowest BCUT2D eigenvalue weighted by Crippen LogP contribution is -2.18. The SMILES string of the molecule is CC(=O)Nc1ccc(Cc2cc3cnc(C#N)nc3n2CC(C)(C)C)cc1.